The van der Waals surface area contributed by atoms with Gasteiger partial charge in [0, 0.05) is 18.2 Å². The molecular weight excluding hydrogens is 244 g/mol. The predicted octanol–water partition coefficient (Wildman–Crippen LogP) is 3.00. The number of nitrogens with zero attached hydrogens (tertiary/aromatic N) is 2. The fourth-order valence-electron chi connectivity index (χ4n) is 2.77. The Morgan fingerprint density at radius 3 is 2.42 bits per heavy atom. The van der Waals surface area contributed by atoms with E-state index in [0.29, 0.717) is 0 Å². The van der Waals surface area contributed by atoms with Crippen molar-refractivity contribution in [3.05, 3.63) is 39.9 Å². The van der Waals surface area contributed by atoms with E-state index in [1.807, 2.05) is 13.8 Å². The number of hydrogen-bond donors (Lipinski definition) is 0. The Kier molecular flexibility index (Phi) is 3.83. The highest BCUT2D eigenvalue weighted by Crippen LogP contribution is 2.27. The number of para-hydroxylation sites is 1. The van der Waals surface area contributed by atoms with E-state index in [4.69, 9.17) is 0 Å². The molecule has 1 saturated heterocycles. The van der Waals surface area contributed by atoms with Gasteiger partial charge in [0.25, 0.3) is 11.6 Å². The lowest BCUT2D eigenvalue weighted by atomic mass is 9.96. The number of carbonyl (C=O) groups is 1. The fraction of sp³-hybridized carbons (Fsp3) is 0.500. The first-order chi connectivity index (χ1) is 9.02. The molecule has 2 rings (SSSR count). The van der Waals surface area contributed by atoms with E-state index in [1.54, 1.807) is 17.0 Å². The molecule has 0 aliphatic carbocycles. The number of amides is 1. The summed E-state index contributed by atoms with van der Waals surface area (Å²) in [6.45, 7) is 4.00. The fourth-order valence-corrected chi connectivity index (χ4v) is 2.77. The van der Waals surface area contributed by atoms with Gasteiger partial charge in [-0.05, 0) is 39.2 Å². The van der Waals surface area contributed by atoms with Gasteiger partial charge in [-0.1, -0.05) is 12.1 Å². The summed E-state index contributed by atoms with van der Waals surface area (Å²) >= 11 is 0. The zero-order valence-electron chi connectivity index (χ0n) is 11.2. The van der Waals surface area contributed by atoms with Gasteiger partial charge < -0.3 is 4.90 Å². The van der Waals surface area contributed by atoms with Crippen LogP contribution in [0, 0.1) is 10.1 Å². The second kappa shape index (κ2) is 5.38. The average Bonchev–Trinajstić information content (AvgIpc) is 2.38. The lowest BCUT2D eigenvalue weighted by Gasteiger charge is -2.39. The number of nitro benzene ring substituents is 1. The van der Waals surface area contributed by atoms with Crippen LogP contribution in [0.2, 0.25) is 0 Å². The van der Waals surface area contributed by atoms with Gasteiger partial charge in [0.15, 0.2) is 0 Å². The molecule has 2 atom stereocenters. The van der Waals surface area contributed by atoms with Crippen LogP contribution in [0.4, 0.5) is 5.69 Å². The molecule has 0 radical (unpaired) electrons. The first-order valence-electron chi connectivity index (χ1n) is 6.58. The number of hydrogen-bond acceptors (Lipinski definition) is 3. The largest absolute Gasteiger partial charge is 0.333 e. The molecule has 1 fully saturated rings. The Morgan fingerprint density at radius 2 is 1.84 bits per heavy atom. The molecule has 0 bridgehead atoms. The molecule has 1 aromatic carbocycles. The van der Waals surface area contributed by atoms with Gasteiger partial charge in [0.1, 0.15) is 5.56 Å². The van der Waals surface area contributed by atoms with Crippen LogP contribution in [-0.2, 0) is 0 Å². The highest BCUT2D eigenvalue weighted by Gasteiger charge is 2.32. The van der Waals surface area contributed by atoms with E-state index < -0.39 is 4.92 Å². The molecule has 0 N–H and O–H groups in total. The third-order valence-corrected chi connectivity index (χ3v) is 3.76. The molecule has 0 aromatic heterocycles. The SMILES string of the molecule is C[C@H]1CCC[C@H](C)N1C(=O)c1ccccc1[N+](=O)[O-]. The summed E-state index contributed by atoms with van der Waals surface area (Å²) in [5.74, 6) is -0.230. The van der Waals surface area contributed by atoms with Crippen LogP contribution in [0.25, 0.3) is 0 Å². The van der Waals surface area contributed by atoms with Crippen molar-refractivity contribution >= 4 is 11.6 Å². The third-order valence-electron chi connectivity index (χ3n) is 3.76. The number of piperidine rings is 1. The summed E-state index contributed by atoms with van der Waals surface area (Å²) in [6, 6.07) is 6.44. The molecule has 1 aliphatic rings. The molecule has 0 spiro atoms. The van der Waals surface area contributed by atoms with Crippen LogP contribution < -0.4 is 0 Å². The van der Waals surface area contributed by atoms with Crippen LogP contribution in [-0.4, -0.2) is 27.8 Å². The maximum absolute atomic E-state index is 12.6. The van der Waals surface area contributed by atoms with Gasteiger partial charge in [-0.2, -0.15) is 0 Å². The molecule has 102 valence electrons. The maximum Gasteiger partial charge on any atom is 0.282 e. The van der Waals surface area contributed by atoms with Gasteiger partial charge in [-0.25, -0.2) is 0 Å². The highest BCUT2D eigenvalue weighted by molar-refractivity contribution is 5.98. The Morgan fingerprint density at radius 1 is 1.26 bits per heavy atom. The third kappa shape index (κ3) is 2.59. The van der Waals surface area contributed by atoms with E-state index >= 15 is 0 Å². The first kappa shape index (κ1) is 13.5. The monoisotopic (exact) mass is 262 g/mol. The highest BCUT2D eigenvalue weighted by atomic mass is 16.6. The lowest BCUT2D eigenvalue weighted by Crippen LogP contribution is -2.47. The van der Waals surface area contributed by atoms with Crippen molar-refractivity contribution in [3.8, 4) is 0 Å². The molecule has 1 heterocycles. The van der Waals surface area contributed by atoms with Gasteiger partial charge >= 0.3 is 0 Å². The van der Waals surface area contributed by atoms with E-state index in [1.165, 1.54) is 12.1 Å². The molecule has 1 amide bonds. The quantitative estimate of drug-likeness (QED) is 0.608. The van der Waals surface area contributed by atoms with Crippen molar-refractivity contribution in [1.29, 1.82) is 0 Å². The average molecular weight is 262 g/mol. The molecule has 5 nitrogen and oxygen atoms in total. The zero-order valence-corrected chi connectivity index (χ0v) is 11.2. The van der Waals surface area contributed by atoms with Crippen molar-refractivity contribution in [2.24, 2.45) is 0 Å². The van der Waals surface area contributed by atoms with E-state index in [9.17, 15) is 14.9 Å². The van der Waals surface area contributed by atoms with Crippen molar-refractivity contribution in [2.45, 2.75) is 45.2 Å². The molecule has 5 heteroatoms. The minimum atomic E-state index is -0.494. The summed E-state index contributed by atoms with van der Waals surface area (Å²) in [5, 5.41) is 11.0. The van der Waals surface area contributed by atoms with Crippen molar-refractivity contribution in [2.75, 3.05) is 0 Å². The lowest BCUT2D eigenvalue weighted by molar-refractivity contribution is -0.385. The van der Waals surface area contributed by atoms with Gasteiger partial charge in [0.05, 0.1) is 4.92 Å². The van der Waals surface area contributed by atoms with Crippen LogP contribution >= 0.6 is 0 Å². The standard InChI is InChI=1S/C14H18N2O3/c1-10-6-5-7-11(2)15(10)14(17)12-8-3-4-9-13(12)16(18)19/h3-4,8-11H,5-7H2,1-2H3/t10-,11-/m0/s1. The molecule has 19 heavy (non-hydrogen) atoms. The van der Waals surface area contributed by atoms with Crippen LogP contribution in [0.1, 0.15) is 43.5 Å². The molecular formula is C14H18N2O3. The maximum atomic E-state index is 12.6. The Labute approximate surface area is 112 Å². The van der Waals surface area contributed by atoms with Crippen molar-refractivity contribution in [1.82, 2.24) is 4.90 Å². The van der Waals surface area contributed by atoms with E-state index in [0.717, 1.165) is 19.3 Å². The summed E-state index contributed by atoms with van der Waals surface area (Å²) in [7, 11) is 0. The van der Waals surface area contributed by atoms with Crippen LogP contribution in [0.15, 0.2) is 24.3 Å². The number of likely N-dealkylation sites (tertiary alicyclic amines) is 1. The van der Waals surface area contributed by atoms with Crippen LogP contribution in [0.5, 0.6) is 0 Å². The second-order valence-corrected chi connectivity index (χ2v) is 5.12. The second-order valence-electron chi connectivity index (χ2n) is 5.12. The number of benzene rings is 1. The molecule has 0 unspecified atom stereocenters. The van der Waals surface area contributed by atoms with Crippen molar-refractivity contribution < 1.29 is 9.72 Å². The van der Waals surface area contributed by atoms with E-state index in [-0.39, 0.29) is 29.2 Å². The Balaban J connectivity index is 2.36. The number of rotatable bonds is 2. The number of nitro groups is 1. The number of carbonyl (C=O) groups excluding carboxylic acids is 1. The zero-order chi connectivity index (χ0) is 14.0. The van der Waals surface area contributed by atoms with E-state index in [2.05, 4.69) is 0 Å². The minimum absolute atomic E-state index is 0.113. The van der Waals surface area contributed by atoms with Crippen molar-refractivity contribution in [3.63, 3.8) is 0 Å². The summed E-state index contributed by atoms with van der Waals surface area (Å²) < 4.78 is 0. The molecule has 0 saturated carbocycles. The Hall–Kier alpha value is -1.91. The first-order valence-corrected chi connectivity index (χ1v) is 6.58. The van der Waals surface area contributed by atoms with Gasteiger partial charge in [0.2, 0.25) is 0 Å². The molecule has 1 aliphatic heterocycles. The van der Waals surface area contributed by atoms with Gasteiger partial charge in [-0.3, -0.25) is 14.9 Å². The van der Waals surface area contributed by atoms with Crippen LogP contribution in [0.3, 0.4) is 0 Å². The summed E-state index contributed by atoms with van der Waals surface area (Å²) in [4.78, 5) is 24.9. The topological polar surface area (TPSA) is 63.5 Å². The minimum Gasteiger partial charge on any atom is -0.333 e. The normalized spacial score (nSPS) is 23.2. The smallest absolute Gasteiger partial charge is 0.282 e. The summed E-state index contributed by atoms with van der Waals surface area (Å²) in [5.41, 5.74) is 0.0746. The van der Waals surface area contributed by atoms with Gasteiger partial charge in [-0.15, -0.1) is 0 Å². The Bertz CT molecular complexity index is 491. The molecule has 1 aromatic rings. The predicted molar refractivity (Wildman–Crippen MR) is 72.0 cm³/mol. The summed E-state index contributed by atoms with van der Waals surface area (Å²) in [6.07, 6.45) is 3.01.